The lowest BCUT2D eigenvalue weighted by atomic mass is 10.0. The van der Waals surface area contributed by atoms with Crippen LogP contribution in [0.15, 0.2) is 40.9 Å². The van der Waals surface area contributed by atoms with Crippen molar-refractivity contribution in [2.75, 3.05) is 6.61 Å². The van der Waals surface area contributed by atoms with Crippen LogP contribution in [0.4, 0.5) is 13.2 Å². The molecule has 0 bridgehead atoms. The first-order chi connectivity index (χ1) is 16.9. The fraction of sp³-hybridized carbons (Fsp3) is 0.407. The van der Waals surface area contributed by atoms with Crippen molar-refractivity contribution < 1.29 is 27.5 Å². The number of aliphatic hydroxyl groups is 1. The molecule has 2 aromatic heterocycles. The van der Waals surface area contributed by atoms with E-state index in [4.69, 9.17) is 14.2 Å². The third-order valence-electron chi connectivity index (χ3n) is 5.93. The molecule has 0 unspecified atom stereocenters. The zero-order chi connectivity index (χ0) is 26.3. The van der Waals surface area contributed by atoms with Crippen molar-refractivity contribution in [3.63, 3.8) is 0 Å². The fourth-order valence-electron chi connectivity index (χ4n) is 3.90. The van der Waals surface area contributed by atoms with Crippen LogP contribution >= 0.6 is 11.3 Å². The highest BCUT2D eigenvalue weighted by Crippen LogP contribution is 2.36. The van der Waals surface area contributed by atoms with Crippen molar-refractivity contribution in [2.45, 2.75) is 65.2 Å². The Kier molecular flexibility index (Phi) is 7.16. The molecule has 1 N–H and O–H groups in total. The first kappa shape index (κ1) is 26.2. The first-order valence-corrected chi connectivity index (χ1v) is 12.6. The largest absolute Gasteiger partial charge is 0.485 e. The maximum Gasteiger partial charge on any atom is 0.416 e. The smallest absolute Gasteiger partial charge is 0.416 e. The number of nitrogens with zero attached hydrogens (tertiary/aromatic N) is 2. The van der Waals surface area contributed by atoms with Crippen molar-refractivity contribution in [3.05, 3.63) is 63.8 Å². The molecular weight excluding hydrogens is 489 g/mol. The molecular formula is C27H29F3N2O3S. The summed E-state index contributed by atoms with van der Waals surface area (Å²) in [6, 6.07) is 8.91. The van der Waals surface area contributed by atoms with E-state index in [-0.39, 0.29) is 12.5 Å². The number of benzene rings is 2. The molecule has 0 radical (unpaired) electrons. The van der Waals surface area contributed by atoms with Crippen molar-refractivity contribution in [2.24, 2.45) is 0 Å². The Balaban J connectivity index is 1.57. The lowest BCUT2D eigenvalue weighted by Crippen LogP contribution is -2.32. The van der Waals surface area contributed by atoms with Gasteiger partial charge in [0, 0.05) is 21.9 Å². The monoisotopic (exact) mass is 518 g/mol. The molecule has 0 fully saturated rings. The standard InChI is InChI=1S/C27H29F3N2O3S/c1-15(2)24-23(36-25(31-24)17-6-8-18(9-7-17)27(28,29)30)11-10-20-19-12-16(3)21(13-22(19)35-32-20)34-26(4,5)14-33/h6-9,12-13,15,33H,10-11,14H2,1-5H3. The summed E-state index contributed by atoms with van der Waals surface area (Å²) < 4.78 is 50.3. The van der Waals surface area contributed by atoms with Crippen LogP contribution in [0.2, 0.25) is 0 Å². The van der Waals surface area contributed by atoms with Gasteiger partial charge < -0.3 is 14.4 Å². The molecule has 0 saturated heterocycles. The summed E-state index contributed by atoms with van der Waals surface area (Å²) >= 11 is 1.50. The summed E-state index contributed by atoms with van der Waals surface area (Å²) in [5, 5.41) is 15.4. The number of ether oxygens (including phenoxy) is 1. The van der Waals surface area contributed by atoms with E-state index >= 15 is 0 Å². The van der Waals surface area contributed by atoms with E-state index in [0.717, 1.165) is 39.3 Å². The van der Waals surface area contributed by atoms with Gasteiger partial charge in [0.2, 0.25) is 0 Å². The third-order valence-corrected chi connectivity index (χ3v) is 7.11. The molecule has 0 aliphatic carbocycles. The number of halogens is 3. The number of rotatable bonds is 8. The quantitative estimate of drug-likeness (QED) is 0.264. The Labute approximate surface area is 211 Å². The highest BCUT2D eigenvalue weighted by atomic mass is 32.1. The van der Waals surface area contributed by atoms with Gasteiger partial charge in [-0.1, -0.05) is 31.1 Å². The topological polar surface area (TPSA) is 68.4 Å². The van der Waals surface area contributed by atoms with Gasteiger partial charge in [0.05, 0.1) is 23.6 Å². The Hall–Kier alpha value is -2.91. The van der Waals surface area contributed by atoms with Crippen LogP contribution in [-0.2, 0) is 19.0 Å². The van der Waals surface area contributed by atoms with Crippen LogP contribution in [0, 0.1) is 6.92 Å². The molecule has 36 heavy (non-hydrogen) atoms. The van der Waals surface area contributed by atoms with E-state index in [1.165, 1.54) is 23.5 Å². The minimum atomic E-state index is -4.36. The number of aromatic nitrogens is 2. The molecule has 0 atom stereocenters. The van der Waals surface area contributed by atoms with Gasteiger partial charge in [0.1, 0.15) is 16.4 Å². The second kappa shape index (κ2) is 9.86. The fourth-order valence-corrected chi connectivity index (χ4v) is 5.12. The van der Waals surface area contributed by atoms with Crippen molar-refractivity contribution in [1.82, 2.24) is 10.1 Å². The summed E-state index contributed by atoms with van der Waals surface area (Å²) in [7, 11) is 0. The highest BCUT2D eigenvalue weighted by Gasteiger charge is 2.30. The lowest BCUT2D eigenvalue weighted by molar-refractivity contribution is -0.137. The molecule has 9 heteroatoms. The molecule has 0 spiro atoms. The van der Waals surface area contributed by atoms with E-state index in [0.29, 0.717) is 34.7 Å². The number of alkyl halides is 3. The normalized spacial score (nSPS) is 12.6. The molecule has 0 saturated carbocycles. The van der Waals surface area contributed by atoms with E-state index in [9.17, 15) is 18.3 Å². The number of hydrogen-bond donors (Lipinski definition) is 1. The molecule has 192 valence electrons. The van der Waals surface area contributed by atoms with Gasteiger partial charge in [-0.05, 0) is 63.3 Å². The molecule has 5 nitrogen and oxygen atoms in total. The van der Waals surface area contributed by atoms with Gasteiger partial charge in [0.25, 0.3) is 0 Å². The van der Waals surface area contributed by atoms with E-state index in [1.807, 2.05) is 26.8 Å². The number of fused-ring (bicyclic) bond motifs is 1. The first-order valence-electron chi connectivity index (χ1n) is 11.7. The van der Waals surface area contributed by atoms with Gasteiger partial charge in [0.15, 0.2) is 5.58 Å². The average Bonchev–Trinajstić information content (AvgIpc) is 3.41. The van der Waals surface area contributed by atoms with E-state index in [2.05, 4.69) is 19.0 Å². The maximum absolute atomic E-state index is 12.9. The number of hydrogen-bond acceptors (Lipinski definition) is 6. The molecule has 2 aromatic carbocycles. The van der Waals surface area contributed by atoms with E-state index < -0.39 is 17.3 Å². The van der Waals surface area contributed by atoms with Crippen LogP contribution in [0.25, 0.3) is 21.5 Å². The lowest BCUT2D eigenvalue weighted by Gasteiger charge is -2.24. The van der Waals surface area contributed by atoms with Gasteiger partial charge in [-0.15, -0.1) is 11.3 Å². The average molecular weight is 519 g/mol. The number of aryl methyl sites for hydroxylation is 3. The maximum atomic E-state index is 12.9. The van der Waals surface area contributed by atoms with Crippen LogP contribution in [0.3, 0.4) is 0 Å². The Morgan fingerprint density at radius 3 is 2.39 bits per heavy atom. The van der Waals surface area contributed by atoms with Crippen LogP contribution in [-0.4, -0.2) is 27.5 Å². The summed E-state index contributed by atoms with van der Waals surface area (Å²) in [5.41, 5.74) is 2.57. The van der Waals surface area contributed by atoms with Gasteiger partial charge in [-0.25, -0.2) is 4.98 Å². The molecule has 0 amide bonds. The number of aliphatic hydroxyl groups excluding tert-OH is 1. The summed E-state index contributed by atoms with van der Waals surface area (Å²) in [4.78, 5) is 5.84. The zero-order valence-corrected chi connectivity index (χ0v) is 21.7. The minimum absolute atomic E-state index is 0.117. The SMILES string of the molecule is Cc1cc2c(CCc3sc(-c4ccc(C(F)(F)F)cc4)nc3C(C)C)noc2cc1OC(C)(C)CO. The highest BCUT2D eigenvalue weighted by molar-refractivity contribution is 7.15. The van der Waals surface area contributed by atoms with Gasteiger partial charge >= 0.3 is 6.18 Å². The van der Waals surface area contributed by atoms with E-state index in [1.54, 1.807) is 6.07 Å². The predicted molar refractivity (Wildman–Crippen MR) is 135 cm³/mol. The third kappa shape index (κ3) is 5.57. The second-order valence-corrected chi connectivity index (χ2v) is 10.9. The Morgan fingerprint density at radius 1 is 1.08 bits per heavy atom. The minimum Gasteiger partial charge on any atom is -0.485 e. The summed E-state index contributed by atoms with van der Waals surface area (Å²) in [6.07, 6.45) is -3.05. The van der Waals surface area contributed by atoms with Gasteiger partial charge in [-0.2, -0.15) is 13.2 Å². The van der Waals surface area contributed by atoms with Crippen LogP contribution in [0.1, 0.15) is 61.0 Å². The Morgan fingerprint density at radius 2 is 1.78 bits per heavy atom. The summed E-state index contributed by atoms with van der Waals surface area (Å²) in [6.45, 7) is 9.55. The van der Waals surface area contributed by atoms with Crippen molar-refractivity contribution in [3.8, 4) is 16.3 Å². The molecule has 2 heterocycles. The van der Waals surface area contributed by atoms with Crippen LogP contribution < -0.4 is 4.74 Å². The molecule has 4 aromatic rings. The van der Waals surface area contributed by atoms with Crippen molar-refractivity contribution >= 4 is 22.3 Å². The molecule has 0 aliphatic rings. The van der Waals surface area contributed by atoms with Crippen LogP contribution in [0.5, 0.6) is 5.75 Å². The second-order valence-electron chi connectivity index (χ2n) is 9.82. The molecule has 0 aliphatic heterocycles. The zero-order valence-electron chi connectivity index (χ0n) is 20.9. The van der Waals surface area contributed by atoms with Crippen molar-refractivity contribution in [1.29, 1.82) is 0 Å². The van der Waals surface area contributed by atoms with Gasteiger partial charge in [-0.3, -0.25) is 0 Å². The number of thiazole rings is 1. The molecule has 4 rings (SSSR count). The summed E-state index contributed by atoms with van der Waals surface area (Å²) in [5.74, 6) is 0.806. The predicted octanol–water partition coefficient (Wildman–Crippen LogP) is 7.34. The Bertz CT molecular complexity index is 1360.